The third kappa shape index (κ3) is 3.81. The molecule has 0 amide bonds. The molecule has 2 aliphatic rings. The van der Waals surface area contributed by atoms with Crippen LogP contribution in [0.1, 0.15) is 71.6 Å². The van der Waals surface area contributed by atoms with Gasteiger partial charge in [-0.1, -0.05) is 26.7 Å². The summed E-state index contributed by atoms with van der Waals surface area (Å²) >= 11 is 0. The minimum atomic E-state index is 0.487. The van der Waals surface area contributed by atoms with Crippen LogP contribution in [0.5, 0.6) is 0 Å². The van der Waals surface area contributed by atoms with Crippen molar-refractivity contribution in [1.82, 2.24) is 4.90 Å². The summed E-state index contributed by atoms with van der Waals surface area (Å²) in [5.41, 5.74) is 0. The molecular formula is C16H29NO. The van der Waals surface area contributed by atoms with Gasteiger partial charge in [0, 0.05) is 24.9 Å². The quantitative estimate of drug-likeness (QED) is 0.741. The second-order valence-corrected chi connectivity index (χ2v) is 6.63. The Hall–Kier alpha value is -0.370. The summed E-state index contributed by atoms with van der Waals surface area (Å²) in [5, 5.41) is 0. The fraction of sp³-hybridized carbons (Fsp3) is 0.938. The van der Waals surface area contributed by atoms with Gasteiger partial charge in [0.1, 0.15) is 5.78 Å². The molecule has 0 N–H and O–H groups in total. The van der Waals surface area contributed by atoms with E-state index in [1.807, 2.05) is 0 Å². The van der Waals surface area contributed by atoms with Crippen molar-refractivity contribution in [3.8, 4) is 0 Å². The Morgan fingerprint density at radius 3 is 2.17 bits per heavy atom. The van der Waals surface area contributed by atoms with Crippen LogP contribution in [-0.4, -0.2) is 29.3 Å². The van der Waals surface area contributed by atoms with E-state index in [9.17, 15) is 4.79 Å². The molecule has 2 nitrogen and oxygen atoms in total. The van der Waals surface area contributed by atoms with Gasteiger partial charge in [-0.25, -0.2) is 0 Å². The Balaban J connectivity index is 1.92. The Bertz CT molecular complexity index is 258. The van der Waals surface area contributed by atoms with Crippen LogP contribution in [0, 0.1) is 5.92 Å². The van der Waals surface area contributed by atoms with Crippen molar-refractivity contribution in [3.05, 3.63) is 0 Å². The maximum absolute atomic E-state index is 11.4. The van der Waals surface area contributed by atoms with E-state index in [1.54, 1.807) is 0 Å². The monoisotopic (exact) mass is 251 g/mol. The fourth-order valence-electron chi connectivity index (χ4n) is 3.56. The minimum absolute atomic E-state index is 0.487. The zero-order chi connectivity index (χ0) is 13.0. The first kappa shape index (κ1) is 14.0. The van der Waals surface area contributed by atoms with Crippen LogP contribution in [0.15, 0.2) is 0 Å². The smallest absolute Gasteiger partial charge is 0.133 e. The van der Waals surface area contributed by atoms with E-state index in [0.717, 1.165) is 37.6 Å². The average Bonchev–Trinajstić information content (AvgIpc) is 2.85. The highest BCUT2D eigenvalue weighted by atomic mass is 16.1. The van der Waals surface area contributed by atoms with Gasteiger partial charge in [0.2, 0.25) is 0 Å². The second-order valence-electron chi connectivity index (χ2n) is 6.63. The molecule has 2 fully saturated rings. The van der Waals surface area contributed by atoms with Gasteiger partial charge in [0.05, 0.1) is 0 Å². The van der Waals surface area contributed by atoms with Gasteiger partial charge in [-0.2, -0.15) is 0 Å². The lowest BCUT2D eigenvalue weighted by atomic mass is 9.91. The van der Waals surface area contributed by atoms with Crippen LogP contribution in [0.4, 0.5) is 0 Å². The second kappa shape index (κ2) is 6.70. The summed E-state index contributed by atoms with van der Waals surface area (Å²) in [7, 11) is 0. The predicted molar refractivity (Wildman–Crippen MR) is 75.7 cm³/mol. The van der Waals surface area contributed by atoms with Crippen LogP contribution < -0.4 is 0 Å². The maximum Gasteiger partial charge on any atom is 0.133 e. The number of ketones is 1. The number of carbonyl (C=O) groups is 1. The molecule has 0 atom stereocenters. The van der Waals surface area contributed by atoms with E-state index in [0.29, 0.717) is 11.8 Å². The lowest BCUT2D eigenvalue weighted by Gasteiger charge is -2.38. The standard InChI is InChI=1S/C16H29NO/c1-13(2)11-12-17(14-5-3-4-6-14)15-7-9-16(18)10-8-15/h13-15H,3-12H2,1-2H3. The van der Waals surface area contributed by atoms with Crippen LogP contribution >= 0.6 is 0 Å². The number of hydrogen-bond donors (Lipinski definition) is 0. The van der Waals surface area contributed by atoms with E-state index in [4.69, 9.17) is 0 Å². The first-order chi connectivity index (χ1) is 8.66. The zero-order valence-corrected chi connectivity index (χ0v) is 12.2. The third-order valence-electron chi connectivity index (χ3n) is 4.74. The number of nitrogens with zero attached hydrogens (tertiary/aromatic N) is 1. The predicted octanol–water partition coefficient (Wildman–Crippen LogP) is 3.79. The molecule has 0 aromatic carbocycles. The molecule has 0 saturated heterocycles. The first-order valence-corrected chi connectivity index (χ1v) is 7.94. The topological polar surface area (TPSA) is 20.3 Å². The summed E-state index contributed by atoms with van der Waals surface area (Å²) in [6.45, 7) is 5.88. The molecule has 0 unspecified atom stereocenters. The molecule has 0 spiro atoms. The lowest BCUT2D eigenvalue weighted by molar-refractivity contribution is -0.121. The Kier molecular flexibility index (Phi) is 5.23. The molecule has 2 aliphatic carbocycles. The summed E-state index contributed by atoms with van der Waals surface area (Å²) < 4.78 is 0. The van der Waals surface area contributed by atoms with Crippen LogP contribution in [0.2, 0.25) is 0 Å². The number of rotatable bonds is 5. The van der Waals surface area contributed by atoms with Crippen molar-refractivity contribution >= 4 is 5.78 Å². The summed E-state index contributed by atoms with van der Waals surface area (Å²) in [6.07, 6.45) is 10.8. The normalized spacial score (nSPS) is 23.4. The molecule has 0 aromatic heterocycles. The third-order valence-corrected chi connectivity index (χ3v) is 4.74. The molecule has 2 saturated carbocycles. The van der Waals surface area contributed by atoms with E-state index in [-0.39, 0.29) is 0 Å². The number of hydrogen-bond acceptors (Lipinski definition) is 2. The van der Waals surface area contributed by atoms with Crippen molar-refractivity contribution in [2.75, 3.05) is 6.54 Å². The molecule has 0 aromatic rings. The molecule has 0 radical (unpaired) electrons. The molecule has 0 heterocycles. The fourth-order valence-corrected chi connectivity index (χ4v) is 3.56. The lowest BCUT2D eigenvalue weighted by Crippen LogP contribution is -2.44. The van der Waals surface area contributed by atoms with E-state index >= 15 is 0 Å². The molecule has 0 bridgehead atoms. The van der Waals surface area contributed by atoms with Gasteiger partial charge in [-0.05, 0) is 44.6 Å². The SMILES string of the molecule is CC(C)CCN(C1CCCC1)C1CCC(=O)CC1. The van der Waals surface area contributed by atoms with E-state index in [2.05, 4.69) is 18.7 Å². The molecular weight excluding hydrogens is 222 g/mol. The van der Waals surface area contributed by atoms with E-state index < -0.39 is 0 Å². The van der Waals surface area contributed by atoms with Gasteiger partial charge < -0.3 is 0 Å². The van der Waals surface area contributed by atoms with Crippen molar-refractivity contribution in [2.24, 2.45) is 5.92 Å². The zero-order valence-electron chi connectivity index (χ0n) is 12.2. The molecule has 2 heteroatoms. The largest absolute Gasteiger partial charge is 0.300 e. The first-order valence-electron chi connectivity index (χ1n) is 7.94. The van der Waals surface area contributed by atoms with Gasteiger partial charge in [-0.15, -0.1) is 0 Å². The Labute approximate surface area is 112 Å². The van der Waals surface area contributed by atoms with Crippen molar-refractivity contribution in [2.45, 2.75) is 83.7 Å². The minimum Gasteiger partial charge on any atom is -0.300 e. The Morgan fingerprint density at radius 2 is 1.61 bits per heavy atom. The van der Waals surface area contributed by atoms with Gasteiger partial charge in [-0.3, -0.25) is 9.69 Å². The van der Waals surface area contributed by atoms with Crippen LogP contribution in [0.25, 0.3) is 0 Å². The highest BCUT2D eigenvalue weighted by molar-refractivity contribution is 5.79. The maximum atomic E-state index is 11.4. The van der Waals surface area contributed by atoms with Gasteiger partial charge in [0.25, 0.3) is 0 Å². The van der Waals surface area contributed by atoms with Gasteiger partial charge >= 0.3 is 0 Å². The van der Waals surface area contributed by atoms with Crippen molar-refractivity contribution in [1.29, 1.82) is 0 Å². The number of carbonyl (C=O) groups excluding carboxylic acids is 1. The molecule has 104 valence electrons. The van der Waals surface area contributed by atoms with Crippen molar-refractivity contribution < 1.29 is 4.79 Å². The van der Waals surface area contributed by atoms with Crippen LogP contribution in [0.3, 0.4) is 0 Å². The highest BCUT2D eigenvalue weighted by Crippen LogP contribution is 2.30. The summed E-state index contributed by atoms with van der Waals surface area (Å²) in [4.78, 5) is 14.2. The summed E-state index contributed by atoms with van der Waals surface area (Å²) in [5.74, 6) is 1.28. The number of Topliss-reactive ketones (excluding diaryl/α,β-unsaturated/α-hetero) is 1. The molecule has 2 rings (SSSR count). The average molecular weight is 251 g/mol. The molecule has 18 heavy (non-hydrogen) atoms. The van der Waals surface area contributed by atoms with E-state index in [1.165, 1.54) is 38.6 Å². The highest BCUT2D eigenvalue weighted by Gasteiger charge is 2.30. The van der Waals surface area contributed by atoms with Crippen LogP contribution in [-0.2, 0) is 4.79 Å². The summed E-state index contributed by atoms with van der Waals surface area (Å²) in [6, 6.07) is 1.52. The van der Waals surface area contributed by atoms with Gasteiger partial charge in [0.15, 0.2) is 0 Å². The Morgan fingerprint density at radius 1 is 1.06 bits per heavy atom. The van der Waals surface area contributed by atoms with Crippen molar-refractivity contribution in [3.63, 3.8) is 0 Å². The molecule has 0 aliphatic heterocycles.